The molecule has 3 nitrogen and oxygen atoms in total. The average molecular weight is 260 g/mol. The fourth-order valence-electron chi connectivity index (χ4n) is 0.656. The van der Waals surface area contributed by atoms with E-state index in [1.54, 1.807) is 0 Å². The summed E-state index contributed by atoms with van der Waals surface area (Å²) in [4.78, 5) is 13.9. The number of aromatic nitrogens is 1. The number of hydrogen-bond donors (Lipinski definition) is 0. The van der Waals surface area contributed by atoms with Crippen LogP contribution in [0.25, 0.3) is 0 Å². The first-order valence-electron chi connectivity index (χ1n) is 2.86. The average Bonchev–Trinajstić information content (AvgIpc) is 1.99. The minimum absolute atomic E-state index is 0.151. The van der Waals surface area contributed by atoms with Crippen LogP contribution >= 0.6 is 46.4 Å². The molecule has 1 heterocycles. The fraction of sp³-hybridized carbons (Fsp3) is 0. The lowest BCUT2D eigenvalue weighted by Gasteiger charge is -2.08. The molecule has 1 aromatic heterocycles. The summed E-state index contributed by atoms with van der Waals surface area (Å²) in [6, 6.07) is 0. The van der Waals surface area contributed by atoms with Crippen molar-refractivity contribution in [1.82, 2.24) is 4.98 Å². The summed E-state index contributed by atoms with van der Waals surface area (Å²) in [6.45, 7) is 0. The minimum atomic E-state index is -1.55. The predicted molar refractivity (Wildman–Crippen MR) is 48.6 cm³/mol. The van der Waals surface area contributed by atoms with E-state index in [0.717, 1.165) is 0 Å². The lowest BCUT2D eigenvalue weighted by Crippen LogP contribution is -2.23. The van der Waals surface area contributed by atoms with Crippen LogP contribution in [0.4, 0.5) is 0 Å². The van der Waals surface area contributed by atoms with E-state index >= 15 is 0 Å². The van der Waals surface area contributed by atoms with E-state index in [9.17, 15) is 9.90 Å². The zero-order chi connectivity index (χ0) is 10.2. The Kier molecular flexibility index (Phi) is 3.24. The van der Waals surface area contributed by atoms with Crippen LogP contribution in [-0.4, -0.2) is 11.0 Å². The van der Waals surface area contributed by atoms with Crippen LogP contribution in [0.1, 0.15) is 10.4 Å². The second-order valence-corrected chi connectivity index (χ2v) is 3.46. The van der Waals surface area contributed by atoms with Crippen molar-refractivity contribution in [2.24, 2.45) is 0 Å². The smallest absolute Gasteiger partial charge is 0.150 e. The number of pyridine rings is 1. The second kappa shape index (κ2) is 3.88. The zero-order valence-electron chi connectivity index (χ0n) is 5.78. The third-order valence-electron chi connectivity index (χ3n) is 1.20. The molecule has 0 spiro atoms. The molecular weight excluding hydrogens is 260 g/mol. The van der Waals surface area contributed by atoms with Crippen LogP contribution in [0.15, 0.2) is 0 Å². The van der Waals surface area contributed by atoms with Gasteiger partial charge in [-0.15, -0.1) is 0 Å². The van der Waals surface area contributed by atoms with Gasteiger partial charge in [0.05, 0.1) is 21.6 Å². The number of hydrogen-bond acceptors (Lipinski definition) is 3. The van der Waals surface area contributed by atoms with E-state index in [0.29, 0.717) is 0 Å². The second-order valence-electron chi connectivity index (χ2n) is 1.98. The molecule has 0 aliphatic rings. The molecule has 0 aliphatic carbocycles. The number of nitrogens with zero attached hydrogens (tertiary/aromatic N) is 1. The van der Waals surface area contributed by atoms with Gasteiger partial charge in [-0.05, 0) is 0 Å². The molecule has 0 saturated heterocycles. The molecule has 0 unspecified atom stereocenters. The Balaban J connectivity index is 3.53. The normalized spacial score (nSPS) is 10.2. The minimum Gasteiger partial charge on any atom is -0.545 e. The molecule has 0 N–H and O–H groups in total. The summed E-state index contributed by atoms with van der Waals surface area (Å²) in [7, 11) is 0. The van der Waals surface area contributed by atoms with Crippen LogP contribution in [0, 0.1) is 0 Å². The highest BCUT2D eigenvalue weighted by molar-refractivity contribution is 6.49. The van der Waals surface area contributed by atoms with Crippen molar-refractivity contribution >= 4 is 52.4 Å². The molecule has 1 rings (SSSR count). The number of aromatic carboxylic acids is 1. The van der Waals surface area contributed by atoms with E-state index < -0.39 is 11.5 Å². The van der Waals surface area contributed by atoms with Crippen molar-refractivity contribution in [2.75, 3.05) is 0 Å². The molecule has 7 heteroatoms. The van der Waals surface area contributed by atoms with Crippen LogP contribution in [-0.2, 0) is 0 Å². The number of carbonyl (C=O) groups excluding carboxylic acids is 1. The zero-order valence-corrected chi connectivity index (χ0v) is 8.80. The van der Waals surface area contributed by atoms with Crippen molar-refractivity contribution in [1.29, 1.82) is 0 Å². The molecule has 0 fully saturated rings. The molecule has 0 bridgehead atoms. The highest BCUT2D eigenvalue weighted by Crippen LogP contribution is 2.34. The maximum absolute atomic E-state index is 10.5. The van der Waals surface area contributed by atoms with Crippen molar-refractivity contribution in [2.45, 2.75) is 0 Å². The lowest BCUT2D eigenvalue weighted by atomic mass is 10.3. The topological polar surface area (TPSA) is 53.0 Å². The monoisotopic (exact) mass is 258 g/mol. The van der Waals surface area contributed by atoms with Gasteiger partial charge in [-0.1, -0.05) is 46.4 Å². The number of rotatable bonds is 1. The maximum Gasteiger partial charge on any atom is 0.150 e. The SMILES string of the molecule is O=C([O-])c1c(Cl)nc(Cl)c(Cl)c1Cl. The molecular formula is C6Cl4NO2-. The van der Waals surface area contributed by atoms with Crippen molar-refractivity contribution < 1.29 is 9.90 Å². The maximum atomic E-state index is 10.5. The summed E-state index contributed by atoms with van der Waals surface area (Å²) < 4.78 is 0. The Labute approximate surface area is 93.2 Å². The molecule has 1 aromatic rings. The predicted octanol–water partition coefficient (Wildman–Crippen LogP) is 2.06. The van der Waals surface area contributed by atoms with Crippen LogP contribution in [0.5, 0.6) is 0 Å². The quantitative estimate of drug-likeness (QED) is 0.726. The number of halogens is 4. The van der Waals surface area contributed by atoms with Gasteiger partial charge in [0.25, 0.3) is 0 Å². The van der Waals surface area contributed by atoms with Gasteiger partial charge >= 0.3 is 0 Å². The van der Waals surface area contributed by atoms with E-state index in [4.69, 9.17) is 46.4 Å². The third kappa shape index (κ3) is 1.99. The Morgan fingerprint density at radius 1 is 1.08 bits per heavy atom. The van der Waals surface area contributed by atoms with Crippen LogP contribution < -0.4 is 5.11 Å². The van der Waals surface area contributed by atoms with Crippen LogP contribution in [0.3, 0.4) is 0 Å². The van der Waals surface area contributed by atoms with Gasteiger partial charge in [0.1, 0.15) is 5.15 Å². The third-order valence-corrected chi connectivity index (χ3v) is 2.69. The van der Waals surface area contributed by atoms with Crippen molar-refractivity contribution in [3.8, 4) is 0 Å². The molecule has 0 aromatic carbocycles. The summed E-state index contributed by atoms with van der Waals surface area (Å²) in [6.07, 6.45) is 0. The lowest BCUT2D eigenvalue weighted by molar-refractivity contribution is -0.255. The van der Waals surface area contributed by atoms with Gasteiger partial charge < -0.3 is 9.90 Å². The highest BCUT2D eigenvalue weighted by Gasteiger charge is 2.15. The number of carboxylic acids is 1. The Bertz CT molecular complexity index is 379. The molecule has 0 radical (unpaired) electrons. The summed E-state index contributed by atoms with van der Waals surface area (Å²) in [5.74, 6) is -1.55. The molecule has 0 aliphatic heterocycles. The van der Waals surface area contributed by atoms with Gasteiger partial charge in [-0.2, -0.15) is 0 Å². The van der Waals surface area contributed by atoms with Gasteiger partial charge in [-0.3, -0.25) is 0 Å². The van der Waals surface area contributed by atoms with Gasteiger partial charge in [-0.25, -0.2) is 4.98 Å². The summed E-state index contributed by atoms with van der Waals surface area (Å²) in [5, 5.41) is 9.55. The Morgan fingerprint density at radius 3 is 2.08 bits per heavy atom. The van der Waals surface area contributed by atoms with Gasteiger partial charge in [0.15, 0.2) is 5.15 Å². The van der Waals surface area contributed by atoms with E-state index in [2.05, 4.69) is 4.98 Å². The first-order chi connectivity index (χ1) is 5.95. The first kappa shape index (κ1) is 10.9. The van der Waals surface area contributed by atoms with Gasteiger partial charge in [0.2, 0.25) is 0 Å². The molecule has 0 saturated carbocycles. The molecule has 0 atom stereocenters. The van der Waals surface area contributed by atoms with Crippen molar-refractivity contribution in [3.63, 3.8) is 0 Å². The largest absolute Gasteiger partial charge is 0.545 e. The Morgan fingerprint density at radius 2 is 1.62 bits per heavy atom. The van der Waals surface area contributed by atoms with E-state index in [1.165, 1.54) is 0 Å². The molecule has 13 heavy (non-hydrogen) atoms. The molecule has 0 amide bonds. The van der Waals surface area contributed by atoms with Crippen molar-refractivity contribution in [3.05, 3.63) is 25.9 Å². The summed E-state index contributed by atoms with van der Waals surface area (Å²) in [5.41, 5.74) is -0.460. The van der Waals surface area contributed by atoms with Gasteiger partial charge in [0, 0.05) is 0 Å². The standard InChI is InChI=1S/C6HCl4NO2/c7-2-1(6(12)13)4(9)11-5(10)3(2)8/h(H,12,13)/p-1. The number of carboxylic acid groups (broad SMARTS) is 1. The molecule has 70 valence electrons. The fourth-order valence-corrected chi connectivity index (χ4v) is 1.62. The Hall–Kier alpha value is -0.220. The van der Waals surface area contributed by atoms with E-state index in [1.807, 2.05) is 0 Å². The first-order valence-corrected chi connectivity index (χ1v) is 4.37. The highest BCUT2D eigenvalue weighted by atomic mass is 35.5. The van der Waals surface area contributed by atoms with Crippen LogP contribution in [0.2, 0.25) is 20.4 Å². The summed E-state index contributed by atoms with van der Waals surface area (Å²) >= 11 is 22.0. The van der Waals surface area contributed by atoms with E-state index in [-0.39, 0.29) is 20.4 Å². The number of carbonyl (C=O) groups is 1.